The number of halogens is 1. The summed E-state index contributed by atoms with van der Waals surface area (Å²) in [7, 11) is 0. The number of amides is 1. The number of carbonyl (C=O) groups is 1. The van der Waals surface area contributed by atoms with Gasteiger partial charge in [-0.15, -0.1) is 5.10 Å². The molecular weight excluding hydrogens is 360 g/mol. The van der Waals surface area contributed by atoms with E-state index in [1.807, 2.05) is 18.2 Å². The van der Waals surface area contributed by atoms with Crippen molar-refractivity contribution in [3.8, 4) is 0 Å². The second kappa shape index (κ2) is 6.78. The van der Waals surface area contributed by atoms with Gasteiger partial charge in [0.25, 0.3) is 5.91 Å². The average molecular weight is 375 g/mol. The van der Waals surface area contributed by atoms with Crippen LogP contribution in [0, 0.1) is 0 Å². The molecule has 0 radical (unpaired) electrons. The highest BCUT2D eigenvalue weighted by molar-refractivity contribution is 9.10. The Morgan fingerprint density at radius 3 is 2.70 bits per heavy atom. The molecule has 1 N–H and O–H groups in total. The van der Waals surface area contributed by atoms with Crippen molar-refractivity contribution in [2.45, 2.75) is 13.0 Å². The largest absolute Gasteiger partial charge is 0.352 e. The van der Waals surface area contributed by atoms with Gasteiger partial charge in [-0.05, 0) is 42.8 Å². The van der Waals surface area contributed by atoms with Crippen molar-refractivity contribution < 1.29 is 4.79 Å². The third-order valence-electron chi connectivity index (χ3n) is 3.43. The summed E-state index contributed by atoms with van der Waals surface area (Å²) >= 11 is 3.33. The molecule has 0 unspecified atom stereocenters. The smallest absolute Gasteiger partial charge is 0.350 e. The summed E-state index contributed by atoms with van der Waals surface area (Å²) in [6, 6.07) is 12.6. The van der Waals surface area contributed by atoms with Gasteiger partial charge in [0, 0.05) is 29.3 Å². The lowest BCUT2D eigenvalue weighted by Crippen LogP contribution is -2.27. The summed E-state index contributed by atoms with van der Waals surface area (Å²) in [4.78, 5) is 24.0. The van der Waals surface area contributed by atoms with E-state index >= 15 is 0 Å². The van der Waals surface area contributed by atoms with Gasteiger partial charge < -0.3 is 5.32 Å². The highest BCUT2D eigenvalue weighted by Crippen LogP contribution is 2.10. The van der Waals surface area contributed by atoms with Crippen LogP contribution in [0.1, 0.15) is 16.8 Å². The summed E-state index contributed by atoms with van der Waals surface area (Å²) in [5.74, 6) is -0.125. The van der Waals surface area contributed by atoms with Gasteiger partial charge in [-0.2, -0.15) is 0 Å². The van der Waals surface area contributed by atoms with Gasteiger partial charge in [0.15, 0.2) is 5.65 Å². The van der Waals surface area contributed by atoms with Crippen LogP contribution in [0.3, 0.4) is 0 Å². The van der Waals surface area contributed by atoms with E-state index < -0.39 is 0 Å². The van der Waals surface area contributed by atoms with Gasteiger partial charge in [-0.1, -0.05) is 22.0 Å². The second-order valence-electron chi connectivity index (χ2n) is 5.05. The predicted octanol–water partition coefficient (Wildman–Crippen LogP) is 2.08. The number of nitrogens with one attached hydrogen (secondary N) is 1. The molecule has 3 aromatic rings. The molecule has 0 atom stereocenters. The van der Waals surface area contributed by atoms with Crippen LogP contribution in [0.2, 0.25) is 0 Å². The Kier molecular flexibility index (Phi) is 4.57. The van der Waals surface area contributed by atoms with Crippen molar-refractivity contribution in [3.63, 3.8) is 0 Å². The second-order valence-corrected chi connectivity index (χ2v) is 5.97. The standard InChI is InChI=1S/C16H15BrN4O2/c17-13-7-5-12(6-8-13)15(22)18-9-3-11-21-16(23)20-10-2-1-4-14(20)19-21/h1-2,4-8,10H,3,9,11H2,(H,18,22). The van der Waals surface area contributed by atoms with E-state index in [9.17, 15) is 9.59 Å². The molecular formula is C16H15BrN4O2. The Bertz CT molecular complexity index is 883. The molecule has 0 saturated heterocycles. The lowest BCUT2D eigenvalue weighted by molar-refractivity contribution is 0.0952. The van der Waals surface area contributed by atoms with E-state index in [-0.39, 0.29) is 11.6 Å². The third-order valence-corrected chi connectivity index (χ3v) is 3.96. The zero-order valence-corrected chi connectivity index (χ0v) is 13.9. The van der Waals surface area contributed by atoms with Gasteiger partial charge in [-0.3, -0.25) is 9.20 Å². The van der Waals surface area contributed by atoms with Crippen LogP contribution in [0.15, 0.2) is 57.9 Å². The zero-order valence-electron chi connectivity index (χ0n) is 12.3. The number of rotatable bonds is 5. The monoisotopic (exact) mass is 374 g/mol. The first-order valence-electron chi connectivity index (χ1n) is 7.23. The number of hydrogen-bond acceptors (Lipinski definition) is 3. The fourth-order valence-electron chi connectivity index (χ4n) is 2.25. The lowest BCUT2D eigenvalue weighted by Gasteiger charge is -2.05. The molecule has 3 rings (SSSR count). The molecule has 0 spiro atoms. The van der Waals surface area contributed by atoms with Crippen LogP contribution in [0.5, 0.6) is 0 Å². The van der Waals surface area contributed by atoms with Crippen molar-refractivity contribution in [2.24, 2.45) is 0 Å². The fourth-order valence-corrected chi connectivity index (χ4v) is 2.51. The van der Waals surface area contributed by atoms with Gasteiger partial charge in [0.1, 0.15) is 0 Å². The van der Waals surface area contributed by atoms with Crippen molar-refractivity contribution >= 4 is 27.5 Å². The number of hydrogen-bond donors (Lipinski definition) is 1. The predicted molar refractivity (Wildman–Crippen MR) is 90.5 cm³/mol. The minimum atomic E-state index is -0.167. The molecule has 6 nitrogen and oxygen atoms in total. The molecule has 0 aliphatic heterocycles. The number of benzene rings is 1. The lowest BCUT2D eigenvalue weighted by atomic mass is 10.2. The van der Waals surface area contributed by atoms with Crippen molar-refractivity contribution in [1.29, 1.82) is 0 Å². The molecule has 2 heterocycles. The van der Waals surface area contributed by atoms with Crippen molar-refractivity contribution in [3.05, 3.63) is 69.2 Å². The quantitative estimate of drug-likeness (QED) is 0.695. The Hall–Kier alpha value is -2.41. The maximum atomic E-state index is 12.1. The maximum absolute atomic E-state index is 12.1. The number of aryl methyl sites for hydroxylation is 1. The molecule has 0 saturated carbocycles. The van der Waals surface area contributed by atoms with E-state index in [0.29, 0.717) is 30.7 Å². The maximum Gasteiger partial charge on any atom is 0.350 e. The zero-order chi connectivity index (χ0) is 16.2. The third kappa shape index (κ3) is 3.50. The number of nitrogens with zero attached hydrogens (tertiary/aromatic N) is 3. The first-order valence-corrected chi connectivity index (χ1v) is 8.02. The molecule has 0 bridgehead atoms. The van der Waals surface area contributed by atoms with Gasteiger partial charge in [0.2, 0.25) is 0 Å². The molecule has 118 valence electrons. The highest BCUT2D eigenvalue weighted by Gasteiger charge is 2.07. The van der Waals surface area contributed by atoms with E-state index in [2.05, 4.69) is 26.3 Å². The Morgan fingerprint density at radius 1 is 1.17 bits per heavy atom. The van der Waals surface area contributed by atoms with E-state index in [0.717, 1.165) is 4.47 Å². The Labute approximate surface area is 140 Å². The fraction of sp³-hybridized carbons (Fsp3) is 0.188. The van der Waals surface area contributed by atoms with Crippen LogP contribution in [0.25, 0.3) is 5.65 Å². The molecule has 0 aliphatic carbocycles. The average Bonchev–Trinajstić information content (AvgIpc) is 2.89. The normalized spacial score (nSPS) is 10.8. The van der Waals surface area contributed by atoms with Crippen molar-refractivity contribution in [2.75, 3.05) is 6.54 Å². The summed E-state index contributed by atoms with van der Waals surface area (Å²) in [5, 5.41) is 7.08. The van der Waals surface area contributed by atoms with Crippen LogP contribution in [-0.2, 0) is 6.54 Å². The summed E-state index contributed by atoms with van der Waals surface area (Å²) in [6.45, 7) is 0.941. The minimum absolute atomic E-state index is 0.125. The van der Waals surface area contributed by atoms with E-state index in [1.54, 1.807) is 30.5 Å². The Balaban J connectivity index is 1.55. The summed E-state index contributed by atoms with van der Waals surface area (Å²) < 4.78 is 3.85. The molecule has 2 aromatic heterocycles. The molecule has 1 aromatic carbocycles. The topological polar surface area (TPSA) is 68.4 Å². The van der Waals surface area contributed by atoms with Crippen LogP contribution >= 0.6 is 15.9 Å². The summed E-state index contributed by atoms with van der Waals surface area (Å²) in [6.07, 6.45) is 2.32. The summed E-state index contributed by atoms with van der Waals surface area (Å²) in [5.41, 5.74) is 1.06. The Morgan fingerprint density at radius 2 is 1.96 bits per heavy atom. The van der Waals surface area contributed by atoms with Gasteiger partial charge in [0.05, 0.1) is 0 Å². The van der Waals surface area contributed by atoms with Crippen LogP contribution < -0.4 is 11.0 Å². The number of pyridine rings is 1. The number of aromatic nitrogens is 3. The molecule has 1 amide bonds. The minimum Gasteiger partial charge on any atom is -0.352 e. The number of fused-ring (bicyclic) bond motifs is 1. The molecule has 23 heavy (non-hydrogen) atoms. The first kappa shape index (κ1) is 15.5. The first-order chi connectivity index (χ1) is 11.1. The van der Waals surface area contributed by atoms with Crippen molar-refractivity contribution in [1.82, 2.24) is 19.5 Å². The molecule has 0 fully saturated rings. The molecule has 0 aliphatic rings. The highest BCUT2D eigenvalue weighted by atomic mass is 79.9. The van der Waals surface area contributed by atoms with Gasteiger partial charge >= 0.3 is 5.69 Å². The van der Waals surface area contributed by atoms with Gasteiger partial charge in [-0.25, -0.2) is 9.48 Å². The van der Waals surface area contributed by atoms with E-state index in [4.69, 9.17) is 0 Å². The van der Waals surface area contributed by atoms with E-state index in [1.165, 1.54) is 9.08 Å². The molecule has 7 heteroatoms. The SMILES string of the molecule is O=C(NCCCn1nc2ccccn2c1=O)c1ccc(Br)cc1. The van der Waals surface area contributed by atoms with Crippen LogP contribution in [-0.4, -0.2) is 26.6 Å². The van der Waals surface area contributed by atoms with Crippen LogP contribution in [0.4, 0.5) is 0 Å². The number of carbonyl (C=O) groups excluding carboxylic acids is 1.